The Hall–Kier alpha value is -3.20. The van der Waals surface area contributed by atoms with E-state index in [0.29, 0.717) is 16.5 Å². The molecule has 2 amide bonds. The number of aromatic nitrogens is 4. The van der Waals surface area contributed by atoms with Crippen molar-refractivity contribution in [1.82, 2.24) is 30.8 Å². The Kier molecular flexibility index (Phi) is 8.59. The zero-order valence-corrected chi connectivity index (χ0v) is 24.7. The van der Waals surface area contributed by atoms with Crippen LogP contribution < -0.4 is 5.32 Å². The number of hydrogen-bond acceptors (Lipinski definition) is 10. The number of alkyl halides is 1. The molecule has 0 radical (unpaired) electrons. The summed E-state index contributed by atoms with van der Waals surface area (Å²) in [4.78, 5) is 41.4. The summed E-state index contributed by atoms with van der Waals surface area (Å²) in [5.41, 5.74) is 0.757. The number of nitrogens with zero attached hydrogens (tertiary/aromatic N) is 4. The Balaban J connectivity index is 1.53. The number of carbonyl (C=O) groups excluding carboxylic acids is 3. The zero-order valence-electron chi connectivity index (χ0n) is 21.4. The first-order valence-corrected chi connectivity index (χ1v) is 15.3. The van der Waals surface area contributed by atoms with E-state index >= 15 is 0 Å². The number of hydrogen-bond donors (Lipinski definition) is 2. The highest BCUT2D eigenvalue weighted by atomic mass is 79.9. The molecule has 2 aliphatic rings. The standard InChI is InChI=1S/C26H25BrN6O5S2/c1-15(40-25-29-31-32-30-25)18-14-39-24-26(37-2,28-19(34)13-27)23(36)33(24)20(18)22(35)38-21(16-9-5-3-6-10-16)17-11-7-4-8-12-17/h3-12,15,21,24H,13-14H2,1-2H3,(H,28,34)(H,29,30,31,32)/t15?,24?,26-/m0/s1. The number of amides is 2. The Bertz CT molecular complexity index is 1370. The molecule has 3 aromatic rings. The summed E-state index contributed by atoms with van der Waals surface area (Å²) in [6.45, 7) is 1.90. The van der Waals surface area contributed by atoms with Crippen LogP contribution in [0.3, 0.4) is 0 Å². The van der Waals surface area contributed by atoms with Crippen molar-refractivity contribution in [2.45, 2.75) is 34.5 Å². The van der Waals surface area contributed by atoms with Crippen LogP contribution in [0.25, 0.3) is 0 Å². The first-order valence-electron chi connectivity index (χ1n) is 12.2. The molecule has 3 heterocycles. The molecule has 1 fully saturated rings. The highest BCUT2D eigenvalue weighted by Crippen LogP contribution is 2.49. The summed E-state index contributed by atoms with van der Waals surface area (Å²) in [7, 11) is 1.36. The average Bonchev–Trinajstić information content (AvgIpc) is 3.51. The van der Waals surface area contributed by atoms with Crippen molar-refractivity contribution >= 4 is 57.2 Å². The molecule has 0 aliphatic carbocycles. The number of thioether (sulfide) groups is 2. The van der Waals surface area contributed by atoms with Crippen LogP contribution in [0, 0.1) is 0 Å². The van der Waals surface area contributed by atoms with Crippen LogP contribution in [-0.4, -0.2) is 77.8 Å². The SMILES string of the molecule is CO[C@@]1(NC(=O)CBr)C(=O)N2C(C(=O)OC(c3ccccc3)c3ccccc3)=C(C(C)Sc3nn[nH]n3)CSC21. The van der Waals surface area contributed by atoms with Gasteiger partial charge in [-0.15, -0.1) is 22.0 Å². The van der Waals surface area contributed by atoms with Gasteiger partial charge in [0.15, 0.2) is 6.10 Å². The number of H-pyrrole nitrogens is 1. The van der Waals surface area contributed by atoms with Crippen molar-refractivity contribution in [1.29, 1.82) is 0 Å². The molecular weight excluding hydrogens is 620 g/mol. The van der Waals surface area contributed by atoms with Crippen LogP contribution in [-0.2, 0) is 23.9 Å². The van der Waals surface area contributed by atoms with Gasteiger partial charge >= 0.3 is 5.97 Å². The second kappa shape index (κ2) is 12.1. The lowest BCUT2D eigenvalue weighted by molar-refractivity contribution is -0.192. The van der Waals surface area contributed by atoms with Gasteiger partial charge in [-0.2, -0.15) is 5.21 Å². The van der Waals surface area contributed by atoms with Crippen LogP contribution in [0.5, 0.6) is 0 Å². The number of rotatable bonds is 10. The van der Waals surface area contributed by atoms with Crippen LogP contribution in [0.1, 0.15) is 24.2 Å². The number of β-lactam (4-membered cyclic amide) rings is 1. The molecule has 0 bridgehead atoms. The van der Waals surface area contributed by atoms with Gasteiger partial charge in [-0.25, -0.2) is 4.79 Å². The van der Waals surface area contributed by atoms with Gasteiger partial charge in [-0.05, 0) is 28.8 Å². The Morgan fingerprint density at radius 3 is 2.40 bits per heavy atom. The number of nitrogens with one attached hydrogen (secondary N) is 2. The van der Waals surface area contributed by atoms with Crippen LogP contribution in [0.4, 0.5) is 0 Å². The topological polar surface area (TPSA) is 139 Å². The average molecular weight is 646 g/mol. The lowest BCUT2D eigenvalue weighted by Crippen LogP contribution is -2.80. The Morgan fingerprint density at radius 2 is 1.85 bits per heavy atom. The second-order valence-corrected chi connectivity index (χ2v) is 11.8. The molecule has 0 spiro atoms. The number of aromatic amines is 1. The number of fused-ring (bicyclic) bond motifs is 1. The normalized spacial score (nSPS) is 21.1. The number of esters is 1. The second-order valence-electron chi connectivity index (χ2n) is 8.90. The van der Waals surface area contributed by atoms with Gasteiger partial charge in [-0.1, -0.05) is 88.4 Å². The number of carbonyl (C=O) groups is 3. The maximum atomic E-state index is 14.1. The molecule has 5 rings (SSSR count). The largest absolute Gasteiger partial charge is 0.448 e. The van der Waals surface area contributed by atoms with E-state index < -0.39 is 35.0 Å². The predicted octanol–water partition coefficient (Wildman–Crippen LogP) is 3.04. The van der Waals surface area contributed by atoms with Gasteiger partial charge in [0.1, 0.15) is 11.1 Å². The van der Waals surface area contributed by atoms with Crippen molar-refractivity contribution in [3.63, 3.8) is 0 Å². The number of benzene rings is 2. The lowest BCUT2D eigenvalue weighted by atomic mass is 9.97. The van der Waals surface area contributed by atoms with Crippen LogP contribution >= 0.6 is 39.5 Å². The fourth-order valence-corrected chi connectivity index (χ4v) is 7.27. The molecule has 11 nitrogen and oxygen atoms in total. The molecule has 2 aromatic carbocycles. The number of tetrazole rings is 1. The van der Waals surface area contributed by atoms with Gasteiger partial charge in [0, 0.05) is 18.1 Å². The van der Waals surface area contributed by atoms with E-state index in [0.717, 1.165) is 11.1 Å². The fraction of sp³-hybridized carbons (Fsp3) is 0.308. The van der Waals surface area contributed by atoms with Gasteiger partial charge in [0.25, 0.3) is 11.6 Å². The first kappa shape index (κ1) is 28.3. The van der Waals surface area contributed by atoms with E-state index in [2.05, 4.69) is 41.9 Å². The summed E-state index contributed by atoms with van der Waals surface area (Å²) in [5, 5.41) is 16.1. The summed E-state index contributed by atoms with van der Waals surface area (Å²) >= 11 is 5.80. The third-order valence-electron chi connectivity index (χ3n) is 6.55. The van der Waals surface area contributed by atoms with Crippen LogP contribution in [0.15, 0.2) is 77.1 Å². The molecule has 2 unspecified atom stereocenters. The molecule has 40 heavy (non-hydrogen) atoms. The maximum absolute atomic E-state index is 14.1. The lowest BCUT2D eigenvalue weighted by Gasteiger charge is -2.56. The molecule has 2 aliphatic heterocycles. The monoisotopic (exact) mass is 644 g/mol. The number of halogens is 1. The summed E-state index contributed by atoms with van der Waals surface area (Å²) < 4.78 is 11.8. The third kappa shape index (κ3) is 5.28. The maximum Gasteiger partial charge on any atom is 0.356 e. The molecule has 208 valence electrons. The number of methoxy groups -OCH3 is 1. The smallest absolute Gasteiger partial charge is 0.356 e. The molecule has 2 N–H and O–H groups in total. The van der Waals surface area contributed by atoms with Gasteiger partial charge in [0.05, 0.1) is 5.33 Å². The molecule has 1 saturated heterocycles. The van der Waals surface area contributed by atoms with E-state index in [-0.39, 0.29) is 16.3 Å². The summed E-state index contributed by atoms with van der Waals surface area (Å²) in [6, 6.07) is 18.8. The van der Waals surface area contributed by atoms with E-state index in [1.807, 2.05) is 67.6 Å². The molecule has 3 atom stereocenters. The zero-order chi connectivity index (χ0) is 28.3. The van der Waals surface area contributed by atoms with Gasteiger partial charge in [0.2, 0.25) is 11.1 Å². The third-order valence-corrected chi connectivity index (χ3v) is 9.42. The van der Waals surface area contributed by atoms with Crippen LogP contribution in [0.2, 0.25) is 0 Å². The summed E-state index contributed by atoms with van der Waals surface area (Å²) in [5.74, 6) is -1.26. The minimum Gasteiger partial charge on any atom is -0.448 e. The molecule has 1 aromatic heterocycles. The molecule has 0 saturated carbocycles. The van der Waals surface area contributed by atoms with E-state index in [1.54, 1.807) is 0 Å². The van der Waals surface area contributed by atoms with Crippen molar-refractivity contribution < 1.29 is 23.9 Å². The van der Waals surface area contributed by atoms with Crippen molar-refractivity contribution in [2.24, 2.45) is 0 Å². The van der Waals surface area contributed by atoms with E-state index in [4.69, 9.17) is 9.47 Å². The highest BCUT2D eigenvalue weighted by Gasteiger charge is 2.67. The highest BCUT2D eigenvalue weighted by molar-refractivity contribution is 9.09. The van der Waals surface area contributed by atoms with Gasteiger partial charge in [-0.3, -0.25) is 14.5 Å². The Morgan fingerprint density at radius 1 is 1.20 bits per heavy atom. The van der Waals surface area contributed by atoms with E-state index in [9.17, 15) is 14.4 Å². The number of ether oxygens (including phenoxy) is 2. The van der Waals surface area contributed by atoms with Crippen molar-refractivity contribution in [3.05, 3.63) is 83.1 Å². The van der Waals surface area contributed by atoms with Gasteiger partial charge < -0.3 is 14.8 Å². The Labute approximate surface area is 246 Å². The fourth-order valence-electron chi connectivity index (χ4n) is 4.62. The van der Waals surface area contributed by atoms with Crippen molar-refractivity contribution in [2.75, 3.05) is 18.2 Å². The predicted molar refractivity (Wildman–Crippen MR) is 152 cm³/mol. The summed E-state index contributed by atoms with van der Waals surface area (Å²) in [6.07, 6.45) is -0.714. The minimum absolute atomic E-state index is 0.00697. The van der Waals surface area contributed by atoms with E-state index in [1.165, 1.54) is 35.5 Å². The first-order chi connectivity index (χ1) is 19.4. The van der Waals surface area contributed by atoms with Crippen molar-refractivity contribution in [3.8, 4) is 0 Å². The molecular formula is C26H25BrN6O5S2. The minimum atomic E-state index is -1.60. The molecule has 14 heteroatoms. The quantitative estimate of drug-likeness (QED) is 0.111.